The Labute approximate surface area is 115 Å². The summed E-state index contributed by atoms with van der Waals surface area (Å²) in [7, 11) is 0. The Kier molecular flexibility index (Phi) is 4.58. The van der Waals surface area contributed by atoms with Gasteiger partial charge in [0.2, 0.25) is 0 Å². The average Bonchev–Trinajstić information content (AvgIpc) is 2.84. The van der Waals surface area contributed by atoms with Crippen LogP contribution in [0.15, 0.2) is 22.7 Å². The maximum atomic E-state index is 10.6. The minimum atomic E-state index is -0.382. The van der Waals surface area contributed by atoms with E-state index in [1.54, 1.807) is 6.07 Å². The van der Waals surface area contributed by atoms with E-state index >= 15 is 0 Å². The molecule has 0 radical (unpaired) electrons. The van der Waals surface area contributed by atoms with Gasteiger partial charge in [0.15, 0.2) is 0 Å². The van der Waals surface area contributed by atoms with Crippen LogP contribution in [0.5, 0.6) is 0 Å². The topological polar surface area (TPSA) is 55.2 Å². The molecule has 4 nitrogen and oxygen atoms in total. The minimum Gasteiger partial charge on any atom is -0.384 e. The first-order valence-electron chi connectivity index (χ1n) is 6.34. The van der Waals surface area contributed by atoms with Crippen LogP contribution in [-0.4, -0.2) is 11.5 Å². The van der Waals surface area contributed by atoms with Crippen molar-refractivity contribution in [1.29, 1.82) is 0 Å². The molecule has 0 bridgehead atoms. The Morgan fingerprint density at radius 2 is 2.11 bits per heavy atom. The van der Waals surface area contributed by atoms with E-state index in [-0.39, 0.29) is 10.6 Å². The highest BCUT2D eigenvalue weighted by molar-refractivity contribution is 9.10. The lowest BCUT2D eigenvalue weighted by atomic mass is 10.0. The zero-order chi connectivity index (χ0) is 13.0. The first kappa shape index (κ1) is 13.3. The van der Waals surface area contributed by atoms with E-state index in [4.69, 9.17) is 0 Å². The molecule has 1 aliphatic carbocycles. The van der Waals surface area contributed by atoms with E-state index in [0.717, 1.165) is 22.6 Å². The number of rotatable bonds is 5. The van der Waals surface area contributed by atoms with Crippen LogP contribution in [0.25, 0.3) is 0 Å². The van der Waals surface area contributed by atoms with Crippen LogP contribution in [0, 0.1) is 16.0 Å². The third-order valence-corrected chi connectivity index (χ3v) is 4.16. The van der Waals surface area contributed by atoms with Gasteiger partial charge in [-0.15, -0.1) is 0 Å². The van der Waals surface area contributed by atoms with Crippen molar-refractivity contribution in [3.8, 4) is 0 Å². The van der Waals surface area contributed by atoms with E-state index in [1.165, 1.54) is 44.2 Å². The molecule has 0 heterocycles. The first-order valence-corrected chi connectivity index (χ1v) is 7.14. The molecule has 2 rings (SSSR count). The van der Waals surface area contributed by atoms with Crippen molar-refractivity contribution in [2.75, 3.05) is 11.9 Å². The second-order valence-corrected chi connectivity index (χ2v) is 5.64. The molecule has 0 spiro atoms. The number of non-ortho nitro benzene ring substituents is 1. The van der Waals surface area contributed by atoms with Gasteiger partial charge in [0.25, 0.3) is 5.69 Å². The van der Waals surface area contributed by atoms with Crippen LogP contribution in [0.3, 0.4) is 0 Å². The number of hydrogen-bond donors (Lipinski definition) is 1. The minimum absolute atomic E-state index is 0.114. The monoisotopic (exact) mass is 312 g/mol. The summed E-state index contributed by atoms with van der Waals surface area (Å²) in [5, 5.41) is 14.0. The van der Waals surface area contributed by atoms with Crippen molar-refractivity contribution in [2.24, 2.45) is 5.92 Å². The molecule has 1 aromatic rings. The third-order valence-electron chi connectivity index (χ3n) is 3.51. The van der Waals surface area contributed by atoms with E-state index < -0.39 is 0 Å². The molecule has 1 saturated carbocycles. The predicted molar refractivity (Wildman–Crippen MR) is 75.9 cm³/mol. The second kappa shape index (κ2) is 6.18. The Morgan fingerprint density at radius 1 is 1.39 bits per heavy atom. The summed E-state index contributed by atoms with van der Waals surface area (Å²) < 4.78 is 0.753. The Hall–Kier alpha value is -1.10. The highest BCUT2D eigenvalue weighted by Gasteiger charge is 2.14. The number of halogens is 1. The SMILES string of the molecule is O=[N+]([O-])c1ccc(NCCC2CCCC2)c(Br)c1. The highest BCUT2D eigenvalue weighted by Crippen LogP contribution is 2.29. The van der Waals surface area contributed by atoms with Gasteiger partial charge >= 0.3 is 0 Å². The molecule has 0 aliphatic heterocycles. The van der Waals surface area contributed by atoms with Crippen LogP contribution in [-0.2, 0) is 0 Å². The number of benzene rings is 1. The Bertz CT molecular complexity index is 431. The van der Waals surface area contributed by atoms with Crippen molar-refractivity contribution >= 4 is 27.3 Å². The average molecular weight is 313 g/mol. The molecule has 1 N–H and O–H groups in total. The Balaban J connectivity index is 1.87. The quantitative estimate of drug-likeness (QED) is 0.649. The van der Waals surface area contributed by atoms with Gasteiger partial charge in [-0.05, 0) is 34.3 Å². The Morgan fingerprint density at radius 3 is 2.72 bits per heavy atom. The summed E-state index contributed by atoms with van der Waals surface area (Å²) in [5.74, 6) is 0.856. The summed E-state index contributed by atoms with van der Waals surface area (Å²) in [6.45, 7) is 0.932. The maximum Gasteiger partial charge on any atom is 0.270 e. The van der Waals surface area contributed by atoms with Gasteiger partial charge in [0.1, 0.15) is 0 Å². The lowest BCUT2D eigenvalue weighted by Crippen LogP contribution is -2.07. The van der Waals surface area contributed by atoms with Crippen LogP contribution >= 0.6 is 15.9 Å². The lowest BCUT2D eigenvalue weighted by Gasteiger charge is -2.11. The number of nitrogens with one attached hydrogen (secondary N) is 1. The van der Waals surface area contributed by atoms with Crippen molar-refractivity contribution in [3.63, 3.8) is 0 Å². The van der Waals surface area contributed by atoms with Gasteiger partial charge in [0.05, 0.1) is 4.92 Å². The molecule has 98 valence electrons. The van der Waals surface area contributed by atoms with Crippen molar-refractivity contribution in [2.45, 2.75) is 32.1 Å². The fourth-order valence-corrected chi connectivity index (χ4v) is 2.98. The van der Waals surface area contributed by atoms with E-state index in [9.17, 15) is 10.1 Å². The smallest absolute Gasteiger partial charge is 0.270 e. The van der Waals surface area contributed by atoms with E-state index in [0.29, 0.717) is 0 Å². The predicted octanol–water partition coefficient (Wildman–Crippen LogP) is 4.35. The number of nitro groups is 1. The lowest BCUT2D eigenvalue weighted by molar-refractivity contribution is -0.384. The van der Waals surface area contributed by atoms with E-state index in [1.807, 2.05) is 0 Å². The van der Waals surface area contributed by atoms with Gasteiger partial charge in [0, 0.05) is 28.8 Å². The van der Waals surface area contributed by atoms with Gasteiger partial charge in [-0.1, -0.05) is 25.7 Å². The summed E-state index contributed by atoms with van der Waals surface area (Å²) in [4.78, 5) is 10.2. The molecular weight excluding hydrogens is 296 g/mol. The molecule has 0 amide bonds. The zero-order valence-corrected chi connectivity index (χ0v) is 11.8. The van der Waals surface area contributed by atoms with Gasteiger partial charge < -0.3 is 5.32 Å². The highest BCUT2D eigenvalue weighted by atomic mass is 79.9. The summed E-state index contributed by atoms with van der Waals surface area (Å²) >= 11 is 3.36. The van der Waals surface area contributed by atoms with Crippen molar-refractivity contribution in [3.05, 3.63) is 32.8 Å². The van der Waals surface area contributed by atoms with Crippen LogP contribution in [0.1, 0.15) is 32.1 Å². The number of nitro benzene ring substituents is 1. The van der Waals surface area contributed by atoms with Gasteiger partial charge in [-0.2, -0.15) is 0 Å². The van der Waals surface area contributed by atoms with Crippen LogP contribution in [0.2, 0.25) is 0 Å². The molecule has 0 atom stereocenters. The van der Waals surface area contributed by atoms with E-state index in [2.05, 4.69) is 21.2 Å². The fraction of sp³-hybridized carbons (Fsp3) is 0.538. The molecule has 0 unspecified atom stereocenters. The largest absolute Gasteiger partial charge is 0.384 e. The van der Waals surface area contributed by atoms with Crippen LogP contribution < -0.4 is 5.32 Å². The molecule has 1 aromatic carbocycles. The summed E-state index contributed by atoms with van der Waals surface area (Å²) in [5.41, 5.74) is 1.04. The molecule has 0 aromatic heterocycles. The number of anilines is 1. The second-order valence-electron chi connectivity index (χ2n) is 4.79. The fourth-order valence-electron chi connectivity index (χ4n) is 2.47. The van der Waals surface area contributed by atoms with Crippen molar-refractivity contribution in [1.82, 2.24) is 0 Å². The number of nitrogens with zero attached hydrogens (tertiary/aromatic N) is 1. The molecule has 0 saturated heterocycles. The van der Waals surface area contributed by atoms with Crippen LogP contribution in [0.4, 0.5) is 11.4 Å². The standard InChI is InChI=1S/C13H17BrN2O2/c14-12-9-11(16(17)18)5-6-13(12)15-8-7-10-3-1-2-4-10/h5-6,9-10,15H,1-4,7-8H2. The van der Waals surface area contributed by atoms with Gasteiger partial charge in [-0.3, -0.25) is 10.1 Å². The number of hydrogen-bond acceptors (Lipinski definition) is 3. The molecule has 1 aliphatic rings. The normalized spacial score (nSPS) is 15.8. The van der Waals surface area contributed by atoms with Crippen molar-refractivity contribution < 1.29 is 4.92 Å². The zero-order valence-electron chi connectivity index (χ0n) is 10.2. The summed E-state index contributed by atoms with van der Waals surface area (Å²) in [6.07, 6.45) is 6.62. The van der Waals surface area contributed by atoms with Gasteiger partial charge in [-0.25, -0.2) is 0 Å². The third kappa shape index (κ3) is 3.45. The molecule has 5 heteroatoms. The first-order chi connectivity index (χ1) is 8.66. The molecule has 1 fully saturated rings. The summed E-state index contributed by atoms with van der Waals surface area (Å²) in [6, 6.07) is 4.83. The molecular formula is C13H17BrN2O2. The maximum absolute atomic E-state index is 10.6. The molecule has 18 heavy (non-hydrogen) atoms.